The van der Waals surface area contributed by atoms with Gasteiger partial charge in [0.05, 0.1) is 5.56 Å². The molecule has 2 aromatic heterocycles. The molecular weight excluding hydrogens is 276 g/mol. The van der Waals surface area contributed by atoms with Gasteiger partial charge in [-0.15, -0.1) is 5.10 Å². The largest absolute Gasteiger partial charge is 0.507 e. The van der Waals surface area contributed by atoms with Crippen LogP contribution < -0.4 is 0 Å². The molecule has 6 heteroatoms. The van der Waals surface area contributed by atoms with E-state index < -0.39 is 0 Å². The van der Waals surface area contributed by atoms with E-state index in [1.165, 1.54) is 0 Å². The minimum atomic E-state index is 0.120. The fraction of sp³-hybridized carbons (Fsp3) is 0.214. The first-order chi connectivity index (χ1) is 9.72. The fourth-order valence-corrected chi connectivity index (χ4v) is 2.82. The molecular formula is C14H11ClN4O. The molecule has 2 heterocycles. The number of nitrogens with zero attached hydrogens (tertiary/aromatic N) is 4. The molecule has 0 saturated heterocycles. The average Bonchev–Trinajstić information content (AvgIpc) is 3.05. The van der Waals surface area contributed by atoms with Crippen molar-refractivity contribution in [3.05, 3.63) is 40.8 Å². The standard InChI is InChI=1S/C14H11ClN4O/c15-8-4-5-12(20)10(6-8)13-17-14-9-2-1-3-11(9)16-7-19(14)18-13/h4-7,20H,1-3H2. The zero-order chi connectivity index (χ0) is 13.7. The summed E-state index contributed by atoms with van der Waals surface area (Å²) in [6, 6.07) is 4.85. The topological polar surface area (TPSA) is 63.3 Å². The van der Waals surface area contributed by atoms with Crippen molar-refractivity contribution < 1.29 is 5.11 Å². The van der Waals surface area contributed by atoms with Crippen LogP contribution in [0.15, 0.2) is 24.5 Å². The van der Waals surface area contributed by atoms with Crippen LogP contribution in [0, 0.1) is 0 Å². The number of benzene rings is 1. The summed E-state index contributed by atoms with van der Waals surface area (Å²) < 4.78 is 1.67. The van der Waals surface area contributed by atoms with E-state index in [1.807, 2.05) is 0 Å². The van der Waals surface area contributed by atoms with E-state index in [9.17, 15) is 5.11 Å². The zero-order valence-electron chi connectivity index (χ0n) is 10.5. The molecule has 1 N–H and O–H groups in total. The highest BCUT2D eigenvalue weighted by Crippen LogP contribution is 2.31. The fourth-order valence-electron chi connectivity index (χ4n) is 2.65. The smallest absolute Gasteiger partial charge is 0.185 e. The first kappa shape index (κ1) is 11.7. The molecule has 0 unspecified atom stereocenters. The average molecular weight is 287 g/mol. The van der Waals surface area contributed by atoms with Crippen LogP contribution in [-0.4, -0.2) is 24.7 Å². The Labute approximate surface area is 119 Å². The minimum absolute atomic E-state index is 0.120. The van der Waals surface area contributed by atoms with Crippen LogP contribution in [0.25, 0.3) is 17.0 Å². The third kappa shape index (κ3) is 1.67. The maximum atomic E-state index is 9.94. The lowest BCUT2D eigenvalue weighted by molar-refractivity contribution is 0.477. The number of hydrogen-bond acceptors (Lipinski definition) is 4. The van der Waals surface area contributed by atoms with Crippen LogP contribution in [0.5, 0.6) is 5.75 Å². The number of hydrogen-bond donors (Lipinski definition) is 1. The van der Waals surface area contributed by atoms with E-state index in [4.69, 9.17) is 11.6 Å². The number of phenols is 1. The summed E-state index contributed by atoms with van der Waals surface area (Å²) >= 11 is 5.97. The molecule has 100 valence electrons. The lowest BCUT2D eigenvalue weighted by Gasteiger charge is -1.99. The Hall–Kier alpha value is -2.14. The van der Waals surface area contributed by atoms with Gasteiger partial charge in [-0.05, 0) is 37.5 Å². The van der Waals surface area contributed by atoms with Gasteiger partial charge in [0.1, 0.15) is 12.1 Å². The highest BCUT2D eigenvalue weighted by Gasteiger charge is 2.19. The molecule has 4 rings (SSSR count). The molecule has 1 aliphatic rings. The van der Waals surface area contributed by atoms with Gasteiger partial charge in [0, 0.05) is 16.3 Å². The third-order valence-electron chi connectivity index (χ3n) is 3.61. The SMILES string of the molecule is Oc1ccc(Cl)cc1-c1nc2c3c(ncn2n1)CCC3. The Bertz CT molecular complexity index is 827. The minimum Gasteiger partial charge on any atom is -0.507 e. The molecule has 0 radical (unpaired) electrons. The predicted octanol–water partition coefficient (Wildman–Crippen LogP) is 2.64. The van der Waals surface area contributed by atoms with Crippen molar-refractivity contribution in [3.8, 4) is 17.1 Å². The molecule has 1 aromatic carbocycles. The van der Waals surface area contributed by atoms with E-state index in [2.05, 4.69) is 15.1 Å². The monoisotopic (exact) mass is 286 g/mol. The van der Waals surface area contributed by atoms with Crippen molar-refractivity contribution in [3.63, 3.8) is 0 Å². The molecule has 0 fully saturated rings. The quantitative estimate of drug-likeness (QED) is 0.747. The van der Waals surface area contributed by atoms with Crippen LogP contribution >= 0.6 is 11.6 Å². The molecule has 20 heavy (non-hydrogen) atoms. The highest BCUT2D eigenvalue weighted by atomic mass is 35.5. The van der Waals surface area contributed by atoms with Gasteiger partial charge < -0.3 is 5.11 Å². The molecule has 0 amide bonds. The molecule has 0 atom stereocenters. The number of fused-ring (bicyclic) bond motifs is 3. The molecule has 0 bridgehead atoms. The lowest BCUT2D eigenvalue weighted by Crippen LogP contribution is -1.96. The Kier molecular flexibility index (Phi) is 2.44. The Morgan fingerprint density at radius 3 is 3.05 bits per heavy atom. The second kappa shape index (κ2) is 4.18. The molecule has 5 nitrogen and oxygen atoms in total. The van der Waals surface area contributed by atoms with Gasteiger partial charge in [-0.2, -0.15) is 0 Å². The number of halogens is 1. The van der Waals surface area contributed by atoms with Gasteiger partial charge in [0.15, 0.2) is 11.5 Å². The van der Waals surface area contributed by atoms with Crippen molar-refractivity contribution >= 4 is 17.2 Å². The number of aryl methyl sites for hydroxylation is 2. The van der Waals surface area contributed by atoms with Crippen molar-refractivity contribution in [2.24, 2.45) is 0 Å². The lowest BCUT2D eigenvalue weighted by atomic mass is 10.2. The molecule has 0 aliphatic heterocycles. The second-order valence-corrected chi connectivity index (χ2v) is 5.32. The van der Waals surface area contributed by atoms with Gasteiger partial charge in [-0.3, -0.25) is 0 Å². The van der Waals surface area contributed by atoms with E-state index in [0.717, 1.165) is 36.2 Å². The summed E-state index contributed by atoms with van der Waals surface area (Å²) in [5, 5.41) is 14.9. The summed E-state index contributed by atoms with van der Waals surface area (Å²) in [5.41, 5.74) is 3.62. The Morgan fingerprint density at radius 1 is 1.25 bits per heavy atom. The van der Waals surface area contributed by atoms with E-state index in [-0.39, 0.29) is 5.75 Å². The van der Waals surface area contributed by atoms with E-state index in [1.54, 1.807) is 29.0 Å². The number of phenolic OH excluding ortho intramolecular Hbond substituents is 1. The van der Waals surface area contributed by atoms with Gasteiger partial charge >= 0.3 is 0 Å². The number of aromatic hydroxyl groups is 1. The Balaban J connectivity index is 1.95. The number of aromatic nitrogens is 4. The first-order valence-corrected chi connectivity index (χ1v) is 6.82. The normalized spacial score (nSPS) is 13.8. The maximum absolute atomic E-state index is 9.94. The van der Waals surface area contributed by atoms with Crippen LogP contribution in [0.1, 0.15) is 17.7 Å². The number of rotatable bonds is 1. The molecule has 3 aromatic rings. The maximum Gasteiger partial charge on any atom is 0.185 e. The second-order valence-electron chi connectivity index (χ2n) is 4.89. The summed E-state index contributed by atoms with van der Waals surface area (Å²) in [4.78, 5) is 8.96. The van der Waals surface area contributed by atoms with Crippen molar-refractivity contribution in [1.82, 2.24) is 19.6 Å². The van der Waals surface area contributed by atoms with Crippen LogP contribution in [0.4, 0.5) is 0 Å². The molecule has 0 saturated carbocycles. The van der Waals surface area contributed by atoms with Gasteiger partial charge in [0.2, 0.25) is 0 Å². The Morgan fingerprint density at radius 2 is 2.15 bits per heavy atom. The van der Waals surface area contributed by atoms with Crippen LogP contribution in [0.3, 0.4) is 0 Å². The molecule has 0 spiro atoms. The highest BCUT2D eigenvalue weighted by molar-refractivity contribution is 6.30. The van der Waals surface area contributed by atoms with Crippen molar-refractivity contribution in [2.75, 3.05) is 0 Å². The van der Waals surface area contributed by atoms with E-state index >= 15 is 0 Å². The summed E-state index contributed by atoms with van der Waals surface area (Å²) in [6.45, 7) is 0. The first-order valence-electron chi connectivity index (χ1n) is 6.44. The van der Waals surface area contributed by atoms with E-state index in [0.29, 0.717) is 16.4 Å². The van der Waals surface area contributed by atoms with Gasteiger partial charge in [-0.25, -0.2) is 14.5 Å². The van der Waals surface area contributed by atoms with Crippen LogP contribution in [-0.2, 0) is 12.8 Å². The molecule has 1 aliphatic carbocycles. The van der Waals surface area contributed by atoms with Crippen molar-refractivity contribution in [2.45, 2.75) is 19.3 Å². The predicted molar refractivity (Wildman–Crippen MR) is 74.9 cm³/mol. The zero-order valence-corrected chi connectivity index (χ0v) is 11.3. The van der Waals surface area contributed by atoms with Crippen molar-refractivity contribution in [1.29, 1.82) is 0 Å². The summed E-state index contributed by atoms with van der Waals surface area (Å²) in [6.07, 6.45) is 4.76. The van der Waals surface area contributed by atoms with Crippen LogP contribution in [0.2, 0.25) is 5.02 Å². The summed E-state index contributed by atoms with van der Waals surface area (Å²) in [7, 11) is 0. The van der Waals surface area contributed by atoms with Gasteiger partial charge in [0.25, 0.3) is 0 Å². The third-order valence-corrected chi connectivity index (χ3v) is 3.85. The summed E-state index contributed by atoms with van der Waals surface area (Å²) in [5.74, 6) is 0.585. The van der Waals surface area contributed by atoms with Gasteiger partial charge in [-0.1, -0.05) is 11.6 Å².